The smallest absolute Gasteiger partial charge is 0.316 e. The molecule has 0 amide bonds. The van der Waals surface area contributed by atoms with Gasteiger partial charge >= 0.3 is 6.18 Å². The topological polar surface area (TPSA) is 58.2 Å². The highest BCUT2D eigenvalue weighted by atomic mass is 32.2. The van der Waals surface area contributed by atoms with Crippen LogP contribution in [0.3, 0.4) is 0 Å². The molecule has 1 aliphatic rings. The number of benzene rings is 1. The highest BCUT2D eigenvalue weighted by Crippen LogP contribution is 2.31. The lowest BCUT2D eigenvalue weighted by atomic mass is 10.0. The van der Waals surface area contributed by atoms with Crippen molar-refractivity contribution in [2.75, 3.05) is 19.6 Å². The van der Waals surface area contributed by atoms with Crippen molar-refractivity contribution in [1.82, 2.24) is 10.0 Å². The Kier molecular flexibility index (Phi) is 5.08. The average molecular weight is 340 g/mol. The van der Waals surface area contributed by atoms with Gasteiger partial charge in [-0.25, -0.2) is 17.5 Å². The molecule has 9 heteroatoms. The minimum Gasteiger partial charge on any atom is -0.316 e. The van der Waals surface area contributed by atoms with Crippen molar-refractivity contribution >= 4 is 10.0 Å². The molecule has 0 aromatic heterocycles. The van der Waals surface area contributed by atoms with Crippen LogP contribution in [0.2, 0.25) is 0 Å². The van der Waals surface area contributed by atoms with E-state index in [1.54, 1.807) is 0 Å². The molecule has 22 heavy (non-hydrogen) atoms. The molecule has 1 heterocycles. The number of alkyl halides is 3. The first-order chi connectivity index (χ1) is 10.2. The van der Waals surface area contributed by atoms with Gasteiger partial charge in [0.05, 0.1) is 5.56 Å². The third-order valence-electron chi connectivity index (χ3n) is 3.51. The third-order valence-corrected chi connectivity index (χ3v) is 4.95. The quantitative estimate of drug-likeness (QED) is 0.826. The summed E-state index contributed by atoms with van der Waals surface area (Å²) in [6.07, 6.45) is -3.03. The summed E-state index contributed by atoms with van der Waals surface area (Å²) in [5.41, 5.74) is -1.20. The zero-order valence-corrected chi connectivity index (χ0v) is 12.4. The molecule has 124 valence electrons. The summed E-state index contributed by atoms with van der Waals surface area (Å²) >= 11 is 0. The van der Waals surface area contributed by atoms with Gasteiger partial charge in [0.2, 0.25) is 10.0 Å². The highest BCUT2D eigenvalue weighted by Gasteiger charge is 2.33. The Balaban J connectivity index is 2.17. The molecule has 2 N–H and O–H groups in total. The summed E-state index contributed by atoms with van der Waals surface area (Å²) in [7, 11) is -4.33. The van der Waals surface area contributed by atoms with Crippen molar-refractivity contribution in [1.29, 1.82) is 0 Å². The predicted molar refractivity (Wildman–Crippen MR) is 72.2 cm³/mol. The molecule has 0 unspecified atom stereocenters. The van der Waals surface area contributed by atoms with Gasteiger partial charge in [0.25, 0.3) is 0 Å². The molecule has 0 bridgehead atoms. The first kappa shape index (κ1) is 17.2. The van der Waals surface area contributed by atoms with Crippen molar-refractivity contribution in [2.24, 2.45) is 5.92 Å². The van der Waals surface area contributed by atoms with Gasteiger partial charge in [-0.3, -0.25) is 0 Å². The Morgan fingerprint density at radius 3 is 2.64 bits per heavy atom. The first-order valence-electron chi connectivity index (χ1n) is 6.77. The lowest BCUT2D eigenvalue weighted by molar-refractivity contribution is -0.137. The molecule has 0 saturated carbocycles. The molecule has 1 saturated heterocycles. The number of hydrogen-bond acceptors (Lipinski definition) is 3. The Hall–Kier alpha value is -1.19. The predicted octanol–water partition coefficient (Wildman–Crippen LogP) is 2.12. The monoisotopic (exact) mass is 340 g/mol. The first-order valence-corrected chi connectivity index (χ1v) is 8.25. The van der Waals surface area contributed by atoms with Crippen LogP contribution in [-0.4, -0.2) is 28.1 Å². The van der Waals surface area contributed by atoms with E-state index in [0.29, 0.717) is 24.7 Å². The van der Waals surface area contributed by atoms with Gasteiger partial charge in [0, 0.05) is 6.54 Å². The van der Waals surface area contributed by atoms with Gasteiger partial charge in [0.15, 0.2) is 0 Å². The molecule has 1 aromatic rings. The van der Waals surface area contributed by atoms with Crippen LogP contribution in [0.1, 0.15) is 18.4 Å². The molecule has 0 spiro atoms. The molecule has 4 nitrogen and oxygen atoms in total. The summed E-state index contributed by atoms with van der Waals surface area (Å²) in [5.74, 6) is -1.17. The van der Waals surface area contributed by atoms with E-state index in [4.69, 9.17) is 0 Å². The maximum Gasteiger partial charge on any atom is 0.416 e. The fourth-order valence-corrected chi connectivity index (χ4v) is 3.51. The van der Waals surface area contributed by atoms with Crippen LogP contribution in [0.15, 0.2) is 23.1 Å². The summed E-state index contributed by atoms with van der Waals surface area (Å²) in [4.78, 5) is -0.980. The number of hydrogen-bond donors (Lipinski definition) is 2. The molecule has 1 fully saturated rings. The van der Waals surface area contributed by atoms with Gasteiger partial charge in [-0.15, -0.1) is 0 Å². The number of rotatable bonds is 4. The Labute approximate surface area is 126 Å². The fourth-order valence-electron chi connectivity index (χ4n) is 2.29. The van der Waals surface area contributed by atoms with E-state index in [1.807, 2.05) is 0 Å². The molecular weight excluding hydrogens is 324 g/mol. The second-order valence-electron chi connectivity index (χ2n) is 5.21. The Morgan fingerprint density at radius 2 is 2.05 bits per heavy atom. The SMILES string of the molecule is O=S(=O)(NC[C@@H]1CCCNC1)c1cc(C(F)(F)F)ccc1F. The second-order valence-corrected chi connectivity index (χ2v) is 6.94. The lowest BCUT2D eigenvalue weighted by Crippen LogP contribution is -2.38. The van der Waals surface area contributed by atoms with E-state index in [0.717, 1.165) is 19.4 Å². The van der Waals surface area contributed by atoms with Gasteiger partial charge in [-0.1, -0.05) is 0 Å². The Morgan fingerprint density at radius 1 is 1.32 bits per heavy atom. The van der Waals surface area contributed by atoms with Crippen LogP contribution in [0.4, 0.5) is 17.6 Å². The number of nitrogens with one attached hydrogen (secondary N) is 2. The van der Waals surface area contributed by atoms with E-state index < -0.39 is 32.5 Å². The van der Waals surface area contributed by atoms with Crippen molar-refractivity contribution < 1.29 is 26.0 Å². The Bertz CT molecular complexity index is 625. The van der Waals surface area contributed by atoms with Gasteiger partial charge in [-0.05, 0) is 50.0 Å². The minimum absolute atomic E-state index is 0.0392. The number of halogens is 4. The molecule has 1 aromatic carbocycles. The van der Waals surface area contributed by atoms with E-state index in [9.17, 15) is 26.0 Å². The molecule has 1 aliphatic heterocycles. The zero-order chi connectivity index (χ0) is 16.4. The fraction of sp³-hybridized carbons (Fsp3) is 0.538. The van der Waals surface area contributed by atoms with Gasteiger partial charge in [-0.2, -0.15) is 13.2 Å². The van der Waals surface area contributed by atoms with Crippen LogP contribution in [0.25, 0.3) is 0 Å². The van der Waals surface area contributed by atoms with Crippen LogP contribution < -0.4 is 10.0 Å². The zero-order valence-electron chi connectivity index (χ0n) is 11.6. The standard InChI is InChI=1S/C13H16F4N2O2S/c14-11-4-3-10(13(15,16)17)6-12(11)22(20,21)19-8-9-2-1-5-18-7-9/h3-4,6,9,18-19H,1-2,5,7-8H2/t9-/m1/s1. The summed E-state index contributed by atoms with van der Waals surface area (Å²) in [6.45, 7) is 1.53. The van der Waals surface area contributed by atoms with Crippen molar-refractivity contribution in [3.8, 4) is 0 Å². The van der Waals surface area contributed by atoms with Crippen molar-refractivity contribution in [2.45, 2.75) is 23.9 Å². The van der Waals surface area contributed by atoms with Crippen molar-refractivity contribution in [3.63, 3.8) is 0 Å². The lowest BCUT2D eigenvalue weighted by Gasteiger charge is -2.23. The van der Waals surface area contributed by atoms with Crippen LogP contribution in [0, 0.1) is 11.7 Å². The molecule has 0 radical (unpaired) electrons. The maximum absolute atomic E-state index is 13.6. The van der Waals surface area contributed by atoms with Gasteiger partial charge < -0.3 is 5.32 Å². The van der Waals surface area contributed by atoms with E-state index in [2.05, 4.69) is 10.0 Å². The second kappa shape index (κ2) is 6.51. The van der Waals surface area contributed by atoms with Crippen LogP contribution in [-0.2, 0) is 16.2 Å². The average Bonchev–Trinajstić information content (AvgIpc) is 2.45. The normalized spacial score (nSPS) is 20.1. The van der Waals surface area contributed by atoms with Crippen molar-refractivity contribution in [3.05, 3.63) is 29.6 Å². The number of sulfonamides is 1. The van der Waals surface area contributed by atoms with Crippen LogP contribution >= 0.6 is 0 Å². The van der Waals surface area contributed by atoms with Gasteiger partial charge in [0.1, 0.15) is 10.7 Å². The number of piperidine rings is 1. The minimum atomic E-state index is -4.73. The summed E-state index contributed by atoms with van der Waals surface area (Å²) in [5, 5.41) is 3.09. The molecular formula is C13H16F4N2O2S. The molecule has 1 atom stereocenters. The van der Waals surface area contributed by atoms with Crippen LogP contribution in [0.5, 0.6) is 0 Å². The molecule has 0 aliphatic carbocycles. The maximum atomic E-state index is 13.6. The third kappa shape index (κ3) is 4.17. The van der Waals surface area contributed by atoms with E-state index >= 15 is 0 Å². The highest BCUT2D eigenvalue weighted by molar-refractivity contribution is 7.89. The summed E-state index contributed by atoms with van der Waals surface area (Å²) < 4.78 is 77.7. The van der Waals surface area contributed by atoms with E-state index in [1.165, 1.54) is 0 Å². The summed E-state index contributed by atoms with van der Waals surface area (Å²) in [6, 6.07) is 1.34. The largest absolute Gasteiger partial charge is 0.416 e. The van der Waals surface area contributed by atoms with E-state index in [-0.39, 0.29) is 12.5 Å². The molecule has 2 rings (SSSR count).